The summed E-state index contributed by atoms with van der Waals surface area (Å²) in [4.78, 5) is 26.3. The van der Waals surface area contributed by atoms with Crippen molar-refractivity contribution in [1.29, 1.82) is 0 Å². The molecule has 0 saturated carbocycles. The van der Waals surface area contributed by atoms with E-state index in [9.17, 15) is 14.0 Å². The number of carbonyl (C=O) groups is 2. The average molecular weight is 335 g/mol. The molecule has 3 rings (SSSR count). The smallest absolute Gasteiger partial charge is 0.410 e. The Morgan fingerprint density at radius 3 is 2.54 bits per heavy atom. The van der Waals surface area contributed by atoms with Crippen molar-refractivity contribution in [2.75, 3.05) is 23.7 Å². The maximum atomic E-state index is 13.5. The van der Waals surface area contributed by atoms with E-state index in [1.165, 1.54) is 18.2 Å². The molecule has 0 radical (unpaired) electrons. The van der Waals surface area contributed by atoms with Crippen molar-refractivity contribution in [3.05, 3.63) is 24.0 Å². The van der Waals surface area contributed by atoms with Gasteiger partial charge in [0.25, 0.3) is 0 Å². The fourth-order valence-corrected chi connectivity index (χ4v) is 3.03. The third-order valence-electron chi connectivity index (χ3n) is 4.31. The van der Waals surface area contributed by atoms with Crippen molar-refractivity contribution in [2.45, 2.75) is 44.8 Å². The Morgan fingerprint density at radius 2 is 1.92 bits per heavy atom. The molecule has 0 unspecified atom stereocenters. The van der Waals surface area contributed by atoms with Crippen LogP contribution >= 0.6 is 0 Å². The number of hydrogen-bond acceptors (Lipinski definition) is 4. The minimum absolute atomic E-state index is 0.148. The molecule has 0 aliphatic carbocycles. The molecule has 1 spiro atoms. The Bertz CT molecular complexity index is 676. The number of nitrogens with one attached hydrogen (secondary N) is 2. The molecule has 7 heteroatoms. The van der Waals surface area contributed by atoms with Crippen LogP contribution in [-0.4, -0.2) is 41.1 Å². The number of ether oxygens (including phenoxy) is 1. The van der Waals surface area contributed by atoms with Crippen molar-refractivity contribution in [3.8, 4) is 0 Å². The average Bonchev–Trinajstić information content (AvgIpc) is 2.48. The quantitative estimate of drug-likeness (QED) is 0.765. The lowest BCUT2D eigenvalue weighted by atomic mass is 9.84. The molecule has 1 aromatic rings. The second-order valence-electron chi connectivity index (χ2n) is 7.32. The Balaban J connectivity index is 1.71. The highest BCUT2D eigenvalue weighted by Gasteiger charge is 2.45. The maximum Gasteiger partial charge on any atom is 0.410 e. The van der Waals surface area contributed by atoms with Gasteiger partial charge in [-0.1, -0.05) is 0 Å². The van der Waals surface area contributed by atoms with Crippen LogP contribution in [0.1, 0.15) is 33.6 Å². The van der Waals surface area contributed by atoms with Gasteiger partial charge in [0.2, 0.25) is 5.91 Å². The zero-order chi connectivity index (χ0) is 17.5. The van der Waals surface area contributed by atoms with Crippen LogP contribution < -0.4 is 10.6 Å². The van der Waals surface area contributed by atoms with E-state index in [0.29, 0.717) is 37.3 Å². The first-order valence-corrected chi connectivity index (χ1v) is 8.06. The molecule has 2 aliphatic rings. The lowest BCUT2D eigenvalue weighted by molar-refractivity contribution is -0.122. The second kappa shape index (κ2) is 5.65. The number of nitrogens with zero attached hydrogens (tertiary/aromatic N) is 1. The molecular weight excluding hydrogens is 313 g/mol. The highest BCUT2D eigenvalue weighted by atomic mass is 19.1. The van der Waals surface area contributed by atoms with Crippen molar-refractivity contribution in [1.82, 2.24) is 4.90 Å². The monoisotopic (exact) mass is 335 g/mol. The van der Waals surface area contributed by atoms with Crippen LogP contribution in [0.3, 0.4) is 0 Å². The first-order valence-electron chi connectivity index (χ1n) is 8.06. The van der Waals surface area contributed by atoms with Gasteiger partial charge in [0.05, 0.1) is 11.4 Å². The number of piperidine rings is 1. The number of rotatable bonds is 0. The third kappa shape index (κ3) is 3.16. The Labute approximate surface area is 140 Å². The van der Waals surface area contributed by atoms with Gasteiger partial charge in [0.1, 0.15) is 17.0 Å². The van der Waals surface area contributed by atoms with E-state index in [1.807, 2.05) is 20.8 Å². The molecule has 0 atom stereocenters. The molecule has 2 aliphatic heterocycles. The second-order valence-corrected chi connectivity index (χ2v) is 7.32. The molecule has 1 aromatic carbocycles. The summed E-state index contributed by atoms with van der Waals surface area (Å²) in [5, 5.41) is 6.01. The number of amides is 2. The first kappa shape index (κ1) is 16.5. The number of halogens is 1. The molecule has 2 N–H and O–H groups in total. The van der Waals surface area contributed by atoms with Crippen LogP contribution in [0.4, 0.5) is 20.6 Å². The molecule has 0 bridgehead atoms. The molecule has 24 heavy (non-hydrogen) atoms. The van der Waals surface area contributed by atoms with Crippen molar-refractivity contribution >= 4 is 23.4 Å². The summed E-state index contributed by atoms with van der Waals surface area (Å²) < 4.78 is 18.8. The molecule has 1 saturated heterocycles. The molecular formula is C17H22FN3O3. The van der Waals surface area contributed by atoms with Crippen LogP contribution in [0.15, 0.2) is 18.2 Å². The number of likely N-dealkylation sites (tertiary alicyclic amines) is 1. The van der Waals surface area contributed by atoms with Crippen LogP contribution in [0.5, 0.6) is 0 Å². The highest BCUT2D eigenvalue weighted by Crippen LogP contribution is 2.37. The predicted molar refractivity (Wildman–Crippen MR) is 88.4 cm³/mol. The highest BCUT2D eigenvalue weighted by molar-refractivity contribution is 6.06. The summed E-state index contributed by atoms with van der Waals surface area (Å²) in [6.07, 6.45) is 0.502. The molecule has 2 amide bonds. The van der Waals surface area contributed by atoms with Crippen LogP contribution in [-0.2, 0) is 9.53 Å². The Kier molecular flexibility index (Phi) is 3.89. The molecule has 1 fully saturated rings. The molecule has 0 aromatic heterocycles. The Hall–Kier alpha value is -2.31. The zero-order valence-electron chi connectivity index (χ0n) is 14.1. The summed E-state index contributed by atoms with van der Waals surface area (Å²) in [5.74, 6) is -0.510. The Morgan fingerprint density at radius 1 is 1.25 bits per heavy atom. The van der Waals surface area contributed by atoms with Gasteiger partial charge in [-0.3, -0.25) is 4.79 Å². The van der Waals surface area contributed by atoms with E-state index >= 15 is 0 Å². The number of carbonyl (C=O) groups excluding carboxylic acids is 2. The zero-order valence-corrected chi connectivity index (χ0v) is 14.1. The van der Waals surface area contributed by atoms with Gasteiger partial charge in [-0.25, -0.2) is 9.18 Å². The van der Waals surface area contributed by atoms with Gasteiger partial charge < -0.3 is 20.3 Å². The van der Waals surface area contributed by atoms with E-state index in [1.54, 1.807) is 4.90 Å². The van der Waals surface area contributed by atoms with Crippen LogP contribution in [0.25, 0.3) is 0 Å². The largest absolute Gasteiger partial charge is 0.444 e. The van der Waals surface area contributed by atoms with Crippen LogP contribution in [0.2, 0.25) is 0 Å². The molecule has 6 nitrogen and oxygen atoms in total. The number of benzene rings is 1. The van der Waals surface area contributed by atoms with E-state index in [2.05, 4.69) is 10.6 Å². The van der Waals surface area contributed by atoms with E-state index < -0.39 is 11.1 Å². The van der Waals surface area contributed by atoms with Crippen LogP contribution in [0, 0.1) is 5.82 Å². The predicted octanol–water partition coefficient (Wildman–Crippen LogP) is 2.96. The van der Waals surface area contributed by atoms with Gasteiger partial charge in [-0.05, 0) is 51.8 Å². The van der Waals surface area contributed by atoms with E-state index in [0.717, 1.165) is 0 Å². The standard InChI is InChI=1S/C17H22FN3O3/c1-16(2,3)24-15(23)21-8-6-17(7-9-21)14(22)19-12-5-4-11(18)10-13(12)20-17/h4-5,10,20H,6-9H2,1-3H3,(H,19,22). The van der Waals surface area contributed by atoms with Gasteiger partial charge in [-0.2, -0.15) is 0 Å². The summed E-state index contributed by atoms with van der Waals surface area (Å²) >= 11 is 0. The number of fused-ring (bicyclic) bond motifs is 1. The van der Waals surface area contributed by atoms with Gasteiger partial charge in [0.15, 0.2) is 0 Å². The lowest BCUT2D eigenvalue weighted by Gasteiger charge is -2.44. The third-order valence-corrected chi connectivity index (χ3v) is 4.31. The topological polar surface area (TPSA) is 70.7 Å². The molecule has 130 valence electrons. The van der Waals surface area contributed by atoms with Gasteiger partial charge >= 0.3 is 6.09 Å². The van der Waals surface area contributed by atoms with Crippen molar-refractivity contribution in [2.24, 2.45) is 0 Å². The minimum Gasteiger partial charge on any atom is -0.444 e. The first-order chi connectivity index (χ1) is 11.2. The summed E-state index contributed by atoms with van der Waals surface area (Å²) in [6.45, 7) is 6.26. The summed E-state index contributed by atoms with van der Waals surface area (Å²) in [7, 11) is 0. The normalized spacial score (nSPS) is 19.3. The minimum atomic E-state index is -0.820. The summed E-state index contributed by atoms with van der Waals surface area (Å²) in [5.41, 5.74) is -0.232. The fourth-order valence-electron chi connectivity index (χ4n) is 3.03. The molecule has 2 heterocycles. The van der Waals surface area contributed by atoms with Gasteiger partial charge in [0, 0.05) is 13.1 Å². The van der Waals surface area contributed by atoms with Crippen molar-refractivity contribution < 1.29 is 18.7 Å². The van der Waals surface area contributed by atoms with E-state index in [4.69, 9.17) is 4.74 Å². The fraction of sp³-hybridized carbons (Fsp3) is 0.529. The summed E-state index contributed by atoms with van der Waals surface area (Å²) in [6, 6.07) is 4.22. The lowest BCUT2D eigenvalue weighted by Crippen LogP contribution is -2.59. The number of anilines is 2. The van der Waals surface area contributed by atoms with Gasteiger partial charge in [-0.15, -0.1) is 0 Å². The SMILES string of the molecule is CC(C)(C)OC(=O)N1CCC2(CC1)Nc1cc(F)ccc1NC2=O. The number of hydrogen-bond donors (Lipinski definition) is 2. The van der Waals surface area contributed by atoms with E-state index in [-0.39, 0.29) is 17.8 Å². The maximum absolute atomic E-state index is 13.5. The van der Waals surface area contributed by atoms with Crippen molar-refractivity contribution in [3.63, 3.8) is 0 Å².